The predicted molar refractivity (Wildman–Crippen MR) is 134 cm³/mol. The van der Waals surface area contributed by atoms with Crippen LogP contribution in [0.3, 0.4) is 0 Å². The van der Waals surface area contributed by atoms with Crippen LogP contribution >= 0.6 is 0 Å². The molecule has 0 spiro atoms. The zero-order chi connectivity index (χ0) is 25.4. The fourth-order valence-corrected chi connectivity index (χ4v) is 4.19. The number of likely N-dealkylation sites (tertiary alicyclic amines) is 1. The number of carbonyl (C=O) groups excluding carboxylic acids is 3. The fraction of sp³-hybridized carbons (Fsp3) is 0.423. The minimum Gasteiger partial charge on any atom is -0.390 e. The number of amides is 3. The number of carbonyl (C=O) groups is 3. The number of nitrogens with zero attached hydrogens (tertiary/aromatic N) is 2. The van der Waals surface area contributed by atoms with E-state index in [0.717, 1.165) is 16.8 Å². The van der Waals surface area contributed by atoms with Crippen LogP contribution in [0.15, 0.2) is 54.6 Å². The standard InChI is InChI=1S/C26H35N5O4/c1-30(2)21-10-6-9-19(11-21)14-28-15-23(32)22(12-18-7-4-3-5-8-18)29-26(35)20-13-25(34)31(16-20)17-24(27)33/h3-11,20,22-23,28,32H,12-17H2,1-2H3,(H2,27,33)(H,29,35)/t20-,22+,23?/m1/s1. The third kappa shape index (κ3) is 7.80. The summed E-state index contributed by atoms with van der Waals surface area (Å²) >= 11 is 0. The smallest absolute Gasteiger partial charge is 0.237 e. The van der Waals surface area contributed by atoms with Gasteiger partial charge in [-0.3, -0.25) is 14.4 Å². The molecule has 188 valence electrons. The Hall–Kier alpha value is -3.43. The first-order chi connectivity index (χ1) is 16.7. The van der Waals surface area contributed by atoms with E-state index >= 15 is 0 Å². The van der Waals surface area contributed by atoms with Crippen molar-refractivity contribution in [2.24, 2.45) is 11.7 Å². The number of aliphatic hydroxyl groups excluding tert-OH is 1. The summed E-state index contributed by atoms with van der Waals surface area (Å²) in [7, 11) is 3.97. The first-order valence-electron chi connectivity index (χ1n) is 11.8. The highest BCUT2D eigenvalue weighted by atomic mass is 16.3. The normalized spacial score (nSPS) is 17.2. The molecule has 9 nitrogen and oxygen atoms in total. The molecule has 3 rings (SSSR count). The molecule has 9 heteroatoms. The molecular weight excluding hydrogens is 446 g/mol. The Morgan fingerprint density at radius 3 is 2.54 bits per heavy atom. The van der Waals surface area contributed by atoms with Gasteiger partial charge in [0.05, 0.1) is 24.6 Å². The van der Waals surface area contributed by atoms with E-state index in [1.54, 1.807) is 0 Å². The second-order valence-corrected chi connectivity index (χ2v) is 9.21. The van der Waals surface area contributed by atoms with Gasteiger partial charge < -0.3 is 31.3 Å². The molecule has 0 aliphatic carbocycles. The number of rotatable bonds is 12. The number of nitrogens with one attached hydrogen (secondary N) is 2. The maximum atomic E-state index is 13.0. The van der Waals surface area contributed by atoms with Crippen molar-refractivity contribution in [1.82, 2.24) is 15.5 Å². The average molecular weight is 482 g/mol. The van der Waals surface area contributed by atoms with Crippen LogP contribution in [-0.4, -0.2) is 73.6 Å². The van der Waals surface area contributed by atoms with Gasteiger partial charge in [-0.15, -0.1) is 0 Å². The van der Waals surface area contributed by atoms with Gasteiger partial charge in [-0.2, -0.15) is 0 Å². The van der Waals surface area contributed by atoms with Crippen molar-refractivity contribution in [3.05, 3.63) is 65.7 Å². The monoisotopic (exact) mass is 481 g/mol. The summed E-state index contributed by atoms with van der Waals surface area (Å²) in [5.41, 5.74) is 8.36. The Bertz CT molecular complexity index is 1010. The summed E-state index contributed by atoms with van der Waals surface area (Å²) in [6.07, 6.45) is -0.389. The fourth-order valence-electron chi connectivity index (χ4n) is 4.19. The lowest BCUT2D eigenvalue weighted by atomic mass is 9.99. The molecule has 35 heavy (non-hydrogen) atoms. The van der Waals surface area contributed by atoms with Gasteiger partial charge in [-0.05, 0) is 29.7 Å². The molecule has 1 heterocycles. The number of benzene rings is 2. The largest absolute Gasteiger partial charge is 0.390 e. The molecule has 2 aromatic rings. The van der Waals surface area contributed by atoms with Crippen molar-refractivity contribution < 1.29 is 19.5 Å². The molecule has 0 bridgehead atoms. The number of hydrogen-bond donors (Lipinski definition) is 4. The van der Waals surface area contributed by atoms with Gasteiger partial charge in [-0.25, -0.2) is 0 Å². The third-order valence-electron chi connectivity index (χ3n) is 6.13. The van der Waals surface area contributed by atoms with E-state index in [1.807, 2.05) is 67.5 Å². The molecule has 0 saturated carbocycles. The van der Waals surface area contributed by atoms with Crippen LogP contribution in [0.25, 0.3) is 0 Å². The van der Waals surface area contributed by atoms with E-state index in [4.69, 9.17) is 5.73 Å². The minimum atomic E-state index is -0.852. The maximum Gasteiger partial charge on any atom is 0.237 e. The minimum absolute atomic E-state index is 0.0216. The number of nitrogens with two attached hydrogens (primary N) is 1. The molecule has 0 radical (unpaired) electrons. The second-order valence-electron chi connectivity index (χ2n) is 9.21. The van der Waals surface area contributed by atoms with Crippen molar-refractivity contribution in [1.29, 1.82) is 0 Å². The molecule has 5 N–H and O–H groups in total. The Morgan fingerprint density at radius 2 is 1.86 bits per heavy atom. The van der Waals surface area contributed by atoms with Crippen molar-refractivity contribution in [3.63, 3.8) is 0 Å². The Morgan fingerprint density at radius 1 is 1.14 bits per heavy atom. The second kappa shape index (κ2) is 12.3. The summed E-state index contributed by atoms with van der Waals surface area (Å²) in [6, 6.07) is 17.2. The molecule has 1 saturated heterocycles. The lowest BCUT2D eigenvalue weighted by Gasteiger charge is -2.26. The van der Waals surface area contributed by atoms with Crippen molar-refractivity contribution in [2.45, 2.75) is 31.5 Å². The van der Waals surface area contributed by atoms with E-state index in [-0.39, 0.29) is 37.9 Å². The highest BCUT2D eigenvalue weighted by Crippen LogP contribution is 2.19. The van der Waals surface area contributed by atoms with Crippen LogP contribution in [0.2, 0.25) is 0 Å². The summed E-state index contributed by atoms with van der Waals surface area (Å²) in [5.74, 6) is -1.79. The molecule has 1 unspecified atom stereocenters. The van der Waals surface area contributed by atoms with Gasteiger partial charge in [0, 0.05) is 45.8 Å². The summed E-state index contributed by atoms with van der Waals surface area (Å²) < 4.78 is 0. The molecule has 2 aromatic carbocycles. The van der Waals surface area contributed by atoms with Crippen LogP contribution in [0.5, 0.6) is 0 Å². The SMILES string of the molecule is CN(C)c1cccc(CNCC(O)[C@H](Cc2ccccc2)NC(=O)[C@@H]2CC(=O)N(CC(N)=O)C2)c1. The van der Waals surface area contributed by atoms with Crippen LogP contribution in [0, 0.1) is 5.92 Å². The van der Waals surface area contributed by atoms with E-state index in [1.165, 1.54) is 4.90 Å². The van der Waals surface area contributed by atoms with Gasteiger partial charge in [0.15, 0.2) is 0 Å². The molecular formula is C26H35N5O4. The highest BCUT2D eigenvalue weighted by Gasteiger charge is 2.36. The lowest BCUT2D eigenvalue weighted by molar-refractivity contribution is -0.132. The Balaban J connectivity index is 1.62. The van der Waals surface area contributed by atoms with Crippen LogP contribution < -0.4 is 21.3 Å². The lowest BCUT2D eigenvalue weighted by Crippen LogP contribution is -2.50. The van der Waals surface area contributed by atoms with E-state index in [9.17, 15) is 19.5 Å². The van der Waals surface area contributed by atoms with Gasteiger partial charge >= 0.3 is 0 Å². The first-order valence-corrected chi connectivity index (χ1v) is 11.8. The van der Waals surface area contributed by atoms with Crippen LogP contribution in [-0.2, 0) is 27.3 Å². The molecule has 1 fully saturated rings. The number of anilines is 1. The Labute approximate surface area is 206 Å². The summed E-state index contributed by atoms with van der Waals surface area (Å²) in [5, 5.41) is 17.2. The third-order valence-corrected chi connectivity index (χ3v) is 6.13. The van der Waals surface area contributed by atoms with Crippen molar-refractivity contribution in [2.75, 3.05) is 38.6 Å². The summed E-state index contributed by atoms with van der Waals surface area (Å²) in [4.78, 5) is 39.7. The first kappa shape index (κ1) is 26.2. The van der Waals surface area contributed by atoms with Crippen LogP contribution in [0.4, 0.5) is 5.69 Å². The van der Waals surface area contributed by atoms with E-state index in [0.29, 0.717) is 13.0 Å². The van der Waals surface area contributed by atoms with Gasteiger partial charge in [-0.1, -0.05) is 42.5 Å². The zero-order valence-corrected chi connectivity index (χ0v) is 20.3. The van der Waals surface area contributed by atoms with Crippen molar-refractivity contribution in [3.8, 4) is 0 Å². The number of hydrogen-bond acceptors (Lipinski definition) is 6. The van der Waals surface area contributed by atoms with E-state index in [2.05, 4.69) is 16.7 Å². The average Bonchev–Trinajstić information content (AvgIpc) is 3.19. The molecule has 1 aliphatic heterocycles. The topological polar surface area (TPSA) is 128 Å². The Kier molecular flexibility index (Phi) is 9.22. The van der Waals surface area contributed by atoms with Gasteiger partial charge in [0.25, 0.3) is 0 Å². The molecule has 3 atom stereocenters. The van der Waals surface area contributed by atoms with E-state index < -0.39 is 24.0 Å². The van der Waals surface area contributed by atoms with Crippen LogP contribution in [0.1, 0.15) is 17.5 Å². The van der Waals surface area contributed by atoms with Gasteiger partial charge in [0.1, 0.15) is 0 Å². The number of primary amides is 1. The molecule has 0 aromatic heterocycles. The highest BCUT2D eigenvalue weighted by molar-refractivity contribution is 5.91. The summed E-state index contributed by atoms with van der Waals surface area (Å²) in [6.45, 7) is 0.797. The van der Waals surface area contributed by atoms with Gasteiger partial charge in [0.2, 0.25) is 17.7 Å². The predicted octanol–water partition coefficient (Wildman–Crippen LogP) is 0.264. The molecule has 1 aliphatic rings. The quantitative estimate of drug-likeness (QED) is 0.344. The van der Waals surface area contributed by atoms with Crippen molar-refractivity contribution >= 4 is 23.4 Å². The number of aliphatic hydroxyl groups is 1. The zero-order valence-electron chi connectivity index (χ0n) is 20.3. The molecule has 3 amide bonds. The maximum absolute atomic E-state index is 13.0.